The third-order valence-corrected chi connectivity index (χ3v) is 1.96. The van der Waals surface area contributed by atoms with E-state index in [-0.39, 0.29) is 16.8 Å². The fourth-order valence-electron chi connectivity index (χ4n) is 0.966. The SMILES string of the molecule is CC(Cl)c1ccc(N)c([N+](=O)[O-])c1. The van der Waals surface area contributed by atoms with Gasteiger partial charge in [0, 0.05) is 6.07 Å². The van der Waals surface area contributed by atoms with E-state index >= 15 is 0 Å². The van der Waals surface area contributed by atoms with Crippen molar-refractivity contribution in [2.24, 2.45) is 0 Å². The first-order chi connectivity index (χ1) is 6.02. The highest BCUT2D eigenvalue weighted by Crippen LogP contribution is 2.27. The fraction of sp³-hybridized carbons (Fsp3) is 0.250. The lowest BCUT2D eigenvalue weighted by atomic mass is 10.1. The second kappa shape index (κ2) is 3.62. The molecule has 4 nitrogen and oxygen atoms in total. The van der Waals surface area contributed by atoms with Gasteiger partial charge in [0.25, 0.3) is 5.69 Å². The van der Waals surface area contributed by atoms with Crippen LogP contribution in [-0.2, 0) is 0 Å². The third kappa shape index (κ3) is 2.09. The Kier molecular flexibility index (Phi) is 2.72. The van der Waals surface area contributed by atoms with Crippen molar-refractivity contribution < 1.29 is 4.92 Å². The summed E-state index contributed by atoms with van der Waals surface area (Å²) in [5.74, 6) is 0. The molecule has 0 saturated carbocycles. The highest BCUT2D eigenvalue weighted by molar-refractivity contribution is 6.20. The van der Waals surface area contributed by atoms with E-state index in [1.54, 1.807) is 13.0 Å². The molecule has 0 fully saturated rings. The van der Waals surface area contributed by atoms with Crippen LogP contribution < -0.4 is 5.73 Å². The number of nitro groups is 1. The molecule has 13 heavy (non-hydrogen) atoms. The van der Waals surface area contributed by atoms with Crippen LogP contribution >= 0.6 is 11.6 Å². The summed E-state index contributed by atoms with van der Waals surface area (Å²) in [6, 6.07) is 4.57. The molecule has 0 spiro atoms. The van der Waals surface area contributed by atoms with Crippen LogP contribution in [-0.4, -0.2) is 4.92 Å². The summed E-state index contributed by atoms with van der Waals surface area (Å²) in [6.45, 7) is 1.75. The van der Waals surface area contributed by atoms with E-state index in [0.717, 1.165) is 0 Å². The maximum absolute atomic E-state index is 10.5. The van der Waals surface area contributed by atoms with Gasteiger partial charge in [0.15, 0.2) is 0 Å². The molecule has 0 heterocycles. The van der Waals surface area contributed by atoms with Gasteiger partial charge in [-0.2, -0.15) is 0 Å². The molecule has 0 aliphatic heterocycles. The summed E-state index contributed by atoms with van der Waals surface area (Å²) in [7, 11) is 0. The maximum Gasteiger partial charge on any atom is 0.292 e. The molecule has 1 aromatic carbocycles. The zero-order valence-electron chi connectivity index (χ0n) is 7.03. The molecule has 1 rings (SSSR count). The topological polar surface area (TPSA) is 69.2 Å². The number of alkyl halides is 1. The van der Waals surface area contributed by atoms with E-state index in [0.29, 0.717) is 5.56 Å². The predicted molar refractivity (Wildman–Crippen MR) is 51.8 cm³/mol. The molecular formula is C8H9ClN2O2. The quantitative estimate of drug-likeness (QED) is 0.345. The van der Waals surface area contributed by atoms with Crippen LogP contribution in [0, 0.1) is 10.1 Å². The lowest BCUT2D eigenvalue weighted by molar-refractivity contribution is -0.384. The third-order valence-electron chi connectivity index (χ3n) is 1.71. The summed E-state index contributed by atoms with van der Waals surface area (Å²) < 4.78 is 0. The van der Waals surface area contributed by atoms with Crippen molar-refractivity contribution in [2.75, 3.05) is 5.73 Å². The van der Waals surface area contributed by atoms with Crippen molar-refractivity contribution in [3.05, 3.63) is 33.9 Å². The number of halogens is 1. The van der Waals surface area contributed by atoms with E-state index in [1.165, 1.54) is 12.1 Å². The van der Waals surface area contributed by atoms with Gasteiger partial charge in [-0.05, 0) is 18.6 Å². The summed E-state index contributed by atoms with van der Waals surface area (Å²) >= 11 is 5.77. The van der Waals surface area contributed by atoms with E-state index in [2.05, 4.69) is 0 Å². The van der Waals surface area contributed by atoms with Gasteiger partial charge in [-0.1, -0.05) is 6.07 Å². The van der Waals surface area contributed by atoms with Crippen LogP contribution in [0.1, 0.15) is 17.9 Å². The molecule has 70 valence electrons. The van der Waals surface area contributed by atoms with Gasteiger partial charge in [-0.3, -0.25) is 10.1 Å². The molecule has 1 aromatic rings. The van der Waals surface area contributed by atoms with Crippen LogP contribution in [0.5, 0.6) is 0 Å². The fourth-order valence-corrected chi connectivity index (χ4v) is 1.10. The smallest absolute Gasteiger partial charge is 0.292 e. The standard InChI is InChI=1S/C8H9ClN2O2/c1-5(9)6-2-3-7(10)8(4-6)11(12)13/h2-5H,10H2,1H3. The molecule has 2 N–H and O–H groups in total. The van der Waals surface area contributed by atoms with Gasteiger partial charge in [0.05, 0.1) is 10.3 Å². The lowest BCUT2D eigenvalue weighted by Gasteiger charge is -2.03. The monoisotopic (exact) mass is 200 g/mol. The molecule has 0 aliphatic rings. The molecule has 0 saturated heterocycles. The highest BCUT2D eigenvalue weighted by Gasteiger charge is 2.13. The molecule has 1 atom stereocenters. The summed E-state index contributed by atoms with van der Waals surface area (Å²) in [4.78, 5) is 9.96. The summed E-state index contributed by atoms with van der Waals surface area (Å²) in [6.07, 6.45) is 0. The number of hydrogen-bond acceptors (Lipinski definition) is 3. The van der Waals surface area contributed by atoms with Crippen LogP contribution in [0.3, 0.4) is 0 Å². The Morgan fingerprint density at radius 1 is 1.62 bits per heavy atom. The number of nitrogens with two attached hydrogens (primary N) is 1. The van der Waals surface area contributed by atoms with Crippen LogP contribution in [0.2, 0.25) is 0 Å². The number of hydrogen-bond donors (Lipinski definition) is 1. The van der Waals surface area contributed by atoms with Gasteiger partial charge in [-0.25, -0.2) is 0 Å². The van der Waals surface area contributed by atoms with Crippen LogP contribution in [0.15, 0.2) is 18.2 Å². The Balaban J connectivity index is 3.19. The molecule has 0 radical (unpaired) electrons. The minimum atomic E-state index is -0.516. The predicted octanol–water partition coefficient (Wildman–Crippen LogP) is 2.48. The number of nitro benzene ring substituents is 1. The van der Waals surface area contributed by atoms with E-state index in [4.69, 9.17) is 17.3 Å². The highest BCUT2D eigenvalue weighted by atomic mass is 35.5. The first kappa shape index (κ1) is 9.80. The molecule has 0 bridgehead atoms. The number of nitrogen functional groups attached to an aromatic ring is 1. The summed E-state index contributed by atoms with van der Waals surface area (Å²) in [5.41, 5.74) is 6.17. The first-order valence-corrected chi connectivity index (χ1v) is 4.14. The van der Waals surface area contributed by atoms with Crippen molar-refractivity contribution in [3.8, 4) is 0 Å². The zero-order valence-corrected chi connectivity index (χ0v) is 7.78. The lowest BCUT2D eigenvalue weighted by Crippen LogP contribution is -1.97. The van der Waals surface area contributed by atoms with Crippen LogP contribution in [0.4, 0.5) is 11.4 Å². The zero-order chi connectivity index (χ0) is 10.0. The van der Waals surface area contributed by atoms with Gasteiger partial charge in [-0.15, -0.1) is 11.6 Å². The molecule has 5 heteroatoms. The number of anilines is 1. The van der Waals surface area contributed by atoms with Crippen molar-refractivity contribution >= 4 is 23.0 Å². The molecule has 0 aliphatic carbocycles. The molecule has 1 unspecified atom stereocenters. The normalized spacial score (nSPS) is 12.5. The van der Waals surface area contributed by atoms with Crippen molar-refractivity contribution in [1.29, 1.82) is 0 Å². The van der Waals surface area contributed by atoms with Gasteiger partial charge < -0.3 is 5.73 Å². The Morgan fingerprint density at radius 3 is 2.69 bits per heavy atom. The van der Waals surface area contributed by atoms with Crippen LogP contribution in [0.25, 0.3) is 0 Å². The van der Waals surface area contributed by atoms with Gasteiger partial charge in [0.2, 0.25) is 0 Å². The molecule has 0 aromatic heterocycles. The Hall–Kier alpha value is -1.29. The first-order valence-electron chi connectivity index (χ1n) is 3.70. The summed E-state index contributed by atoms with van der Waals surface area (Å²) in [5, 5.41) is 10.2. The van der Waals surface area contributed by atoms with Crippen molar-refractivity contribution in [1.82, 2.24) is 0 Å². The van der Waals surface area contributed by atoms with E-state index in [1.807, 2.05) is 0 Å². The number of nitrogens with zero attached hydrogens (tertiary/aromatic N) is 1. The van der Waals surface area contributed by atoms with E-state index < -0.39 is 4.92 Å². The van der Waals surface area contributed by atoms with E-state index in [9.17, 15) is 10.1 Å². The number of rotatable bonds is 2. The average molecular weight is 201 g/mol. The van der Waals surface area contributed by atoms with Crippen molar-refractivity contribution in [3.63, 3.8) is 0 Å². The maximum atomic E-state index is 10.5. The number of benzene rings is 1. The van der Waals surface area contributed by atoms with Crippen molar-refractivity contribution in [2.45, 2.75) is 12.3 Å². The van der Waals surface area contributed by atoms with Gasteiger partial charge >= 0.3 is 0 Å². The Morgan fingerprint density at radius 2 is 2.23 bits per heavy atom. The van der Waals surface area contributed by atoms with Gasteiger partial charge in [0.1, 0.15) is 5.69 Å². The molecular weight excluding hydrogens is 192 g/mol. The Bertz CT molecular complexity index is 339. The minimum Gasteiger partial charge on any atom is -0.393 e. The average Bonchev–Trinajstić information content (AvgIpc) is 2.04. The largest absolute Gasteiger partial charge is 0.393 e. The molecule has 0 amide bonds. The second-order valence-corrected chi connectivity index (χ2v) is 3.35. The Labute approximate surface area is 80.5 Å². The minimum absolute atomic E-state index is 0.0926. The second-order valence-electron chi connectivity index (χ2n) is 2.69.